The van der Waals surface area contributed by atoms with Gasteiger partial charge in [-0.2, -0.15) is 10.4 Å². The molecule has 0 saturated heterocycles. The van der Waals surface area contributed by atoms with Gasteiger partial charge in [0.2, 0.25) is 0 Å². The number of nitriles is 1. The fourth-order valence-corrected chi connectivity index (χ4v) is 2.49. The fourth-order valence-electron chi connectivity index (χ4n) is 2.49. The van der Waals surface area contributed by atoms with E-state index in [-0.39, 0.29) is 0 Å². The first-order valence-corrected chi connectivity index (χ1v) is 6.82. The van der Waals surface area contributed by atoms with Crippen molar-refractivity contribution in [2.24, 2.45) is 0 Å². The molecule has 3 aromatic rings. The molecule has 4 nitrogen and oxygen atoms in total. The lowest BCUT2D eigenvalue weighted by molar-refractivity contribution is 0.930. The molecule has 0 aliphatic carbocycles. The number of hydrogen-bond donors (Lipinski definition) is 0. The van der Waals surface area contributed by atoms with Crippen LogP contribution in [0, 0.1) is 11.3 Å². The van der Waals surface area contributed by atoms with E-state index in [9.17, 15) is 5.26 Å². The molecule has 1 heterocycles. The molecule has 0 unspecified atom stereocenters. The summed E-state index contributed by atoms with van der Waals surface area (Å²) in [6, 6.07) is 18.2. The molecule has 0 spiro atoms. The van der Waals surface area contributed by atoms with Crippen LogP contribution in [-0.4, -0.2) is 16.7 Å². The summed E-state index contributed by atoms with van der Waals surface area (Å²) in [5, 5.41) is 19.7. The Morgan fingerprint density at radius 3 is 2.71 bits per heavy atom. The van der Waals surface area contributed by atoms with Gasteiger partial charge in [0.25, 0.3) is 0 Å². The zero-order valence-electron chi connectivity index (χ0n) is 11.7. The zero-order valence-corrected chi connectivity index (χ0v) is 11.7. The minimum absolute atomic E-state index is 0.528. The van der Waals surface area contributed by atoms with Crippen molar-refractivity contribution in [3.63, 3.8) is 0 Å². The molecule has 0 fully saturated rings. The van der Waals surface area contributed by atoms with Crippen molar-refractivity contribution in [3.8, 4) is 6.07 Å². The second-order valence-corrected chi connectivity index (χ2v) is 4.62. The van der Waals surface area contributed by atoms with E-state index >= 15 is 0 Å². The summed E-state index contributed by atoms with van der Waals surface area (Å²) in [7, 11) is 0. The fraction of sp³-hybridized carbons (Fsp3) is 0.118. The lowest BCUT2D eigenvalue weighted by atomic mass is 10.1. The lowest BCUT2D eigenvalue weighted by Gasteiger charge is -2.23. The summed E-state index contributed by atoms with van der Waals surface area (Å²) in [5.74, 6) is 0.596. The third kappa shape index (κ3) is 2.30. The summed E-state index contributed by atoms with van der Waals surface area (Å²) in [5.41, 5.74) is 1.56. The molecular weight excluding hydrogens is 260 g/mol. The standard InChI is InChI=1S/C17H14N4/c1-2-21(17-14(12-18)10-11-19-20-17)16-9-5-7-13-6-3-4-8-15(13)16/h3-11H,2H2,1H3. The number of anilines is 2. The monoisotopic (exact) mass is 274 g/mol. The first-order chi connectivity index (χ1) is 10.3. The van der Waals surface area contributed by atoms with Crippen LogP contribution in [0.2, 0.25) is 0 Å². The van der Waals surface area contributed by atoms with Gasteiger partial charge in [0.05, 0.1) is 17.4 Å². The number of hydrogen-bond acceptors (Lipinski definition) is 4. The van der Waals surface area contributed by atoms with Gasteiger partial charge in [0.15, 0.2) is 5.82 Å². The van der Waals surface area contributed by atoms with Crippen LogP contribution in [0.3, 0.4) is 0 Å². The average molecular weight is 274 g/mol. The molecule has 1 aromatic heterocycles. The highest BCUT2D eigenvalue weighted by Crippen LogP contribution is 2.32. The van der Waals surface area contributed by atoms with Crippen LogP contribution in [0.5, 0.6) is 0 Å². The third-order valence-corrected chi connectivity index (χ3v) is 3.45. The maximum atomic E-state index is 9.28. The predicted octanol–water partition coefficient (Wildman–Crippen LogP) is 3.66. The van der Waals surface area contributed by atoms with Gasteiger partial charge in [0, 0.05) is 11.9 Å². The zero-order chi connectivity index (χ0) is 14.7. The smallest absolute Gasteiger partial charge is 0.173 e. The molecule has 0 radical (unpaired) electrons. The van der Waals surface area contributed by atoms with Crippen LogP contribution in [0.15, 0.2) is 54.7 Å². The highest BCUT2D eigenvalue weighted by molar-refractivity contribution is 5.96. The second-order valence-electron chi connectivity index (χ2n) is 4.62. The minimum atomic E-state index is 0.528. The van der Waals surface area contributed by atoms with Gasteiger partial charge >= 0.3 is 0 Å². The Bertz CT molecular complexity index is 815. The molecule has 0 saturated carbocycles. The Balaban J connectivity index is 2.22. The van der Waals surface area contributed by atoms with Crippen LogP contribution in [0.1, 0.15) is 12.5 Å². The van der Waals surface area contributed by atoms with Gasteiger partial charge in [-0.1, -0.05) is 36.4 Å². The van der Waals surface area contributed by atoms with E-state index in [0.29, 0.717) is 17.9 Å². The largest absolute Gasteiger partial charge is 0.323 e. The van der Waals surface area contributed by atoms with Crippen LogP contribution in [0.25, 0.3) is 10.8 Å². The Morgan fingerprint density at radius 1 is 1.10 bits per heavy atom. The molecule has 0 aliphatic heterocycles. The number of benzene rings is 2. The lowest BCUT2D eigenvalue weighted by Crippen LogP contribution is -2.19. The van der Waals surface area contributed by atoms with Gasteiger partial charge in [0.1, 0.15) is 6.07 Å². The van der Waals surface area contributed by atoms with Gasteiger partial charge < -0.3 is 4.90 Å². The molecule has 0 amide bonds. The van der Waals surface area contributed by atoms with Crippen molar-refractivity contribution in [2.45, 2.75) is 6.92 Å². The molecule has 0 atom stereocenters. The summed E-state index contributed by atoms with van der Waals surface area (Å²) in [6.45, 7) is 2.75. The van der Waals surface area contributed by atoms with Crippen LogP contribution >= 0.6 is 0 Å². The van der Waals surface area contributed by atoms with Gasteiger partial charge in [-0.25, -0.2) is 0 Å². The molecule has 0 N–H and O–H groups in total. The summed E-state index contributed by atoms with van der Waals surface area (Å²) in [6.07, 6.45) is 1.54. The summed E-state index contributed by atoms with van der Waals surface area (Å²) < 4.78 is 0. The molecule has 21 heavy (non-hydrogen) atoms. The van der Waals surface area contributed by atoms with E-state index in [1.807, 2.05) is 36.1 Å². The van der Waals surface area contributed by atoms with Crippen molar-refractivity contribution in [2.75, 3.05) is 11.4 Å². The molecule has 0 aliphatic rings. The van der Waals surface area contributed by atoms with Crippen LogP contribution < -0.4 is 4.90 Å². The maximum absolute atomic E-state index is 9.28. The number of fused-ring (bicyclic) bond motifs is 1. The first kappa shape index (κ1) is 13.1. The molecule has 102 valence electrons. The van der Waals surface area contributed by atoms with Gasteiger partial charge in [-0.15, -0.1) is 5.10 Å². The molecule has 4 heteroatoms. The Labute approximate surface area is 123 Å². The van der Waals surface area contributed by atoms with Crippen molar-refractivity contribution < 1.29 is 0 Å². The maximum Gasteiger partial charge on any atom is 0.173 e. The average Bonchev–Trinajstić information content (AvgIpc) is 2.56. The van der Waals surface area contributed by atoms with Crippen LogP contribution in [0.4, 0.5) is 11.5 Å². The van der Waals surface area contributed by atoms with Crippen molar-refractivity contribution in [3.05, 3.63) is 60.3 Å². The van der Waals surface area contributed by atoms with Crippen molar-refractivity contribution in [1.29, 1.82) is 5.26 Å². The van der Waals surface area contributed by atoms with E-state index in [1.54, 1.807) is 12.3 Å². The normalized spacial score (nSPS) is 10.3. The van der Waals surface area contributed by atoms with E-state index in [4.69, 9.17) is 0 Å². The SMILES string of the molecule is CCN(c1nnccc1C#N)c1cccc2ccccc12. The van der Waals surface area contributed by atoms with Gasteiger partial charge in [-0.3, -0.25) is 0 Å². The van der Waals surface area contributed by atoms with Crippen molar-refractivity contribution in [1.82, 2.24) is 10.2 Å². The molecule has 0 bridgehead atoms. The van der Waals surface area contributed by atoms with E-state index in [1.165, 1.54) is 0 Å². The Kier molecular flexibility index (Phi) is 3.48. The topological polar surface area (TPSA) is 52.8 Å². The molecule has 3 rings (SSSR count). The number of aromatic nitrogens is 2. The molecule has 2 aromatic carbocycles. The van der Waals surface area contributed by atoms with E-state index < -0.39 is 0 Å². The first-order valence-electron chi connectivity index (χ1n) is 6.82. The summed E-state index contributed by atoms with van der Waals surface area (Å²) in [4.78, 5) is 2.02. The highest BCUT2D eigenvalue weighted by Gasteiger charge is 2.15. The highest BCUT2D eigenvalue weighted by atomic mass is 15.3. The van der Waals surface area contributed by atoms with E-state index in [2.05, 4.69) is 34.5 Å². The Hall–Kier alpha value is -2.93. The number of nitrogens with zero attached hydrogens (tertiary/aromatic N) is 4. The quantitative estimate of drug-likeness (QED) is 0.731. The summed E-state index contributed by atoms with van der Waals surface area (Å²) >= 11 is 0. The second kappa shape index (κ2) is 5.59. The van der Waals surface area contributed by atoms with Crippen molar-refractivity contribution >= 4 is 22.3 Å². The molecular formula is C17H14N4. The van der Waals surface area contributed by atoms with E-state index in [0.717, 1.165) is 16.5 Å². The predicted molar refractivity (Wildman–Crippen MR) is 83.4 cm³/mol. The van der Waals surface area contributed by atoms with Crippen LogP contribution in [-0.2, 0) is 0 Å². The Morgan fingerprint density at radius 2 is 1.90 bits per heavy atom. The minimum Gasteiger partial charge on any atom is -0.323 e. The third-order valence-electron chi connectivity index (χ3n) is 3.45. The van der Waals surface area contributed by atoms with Gasteiger partial charge in [-0.05, 0) is 24.4 Å². The number of rotatable bonds is 3.